The van der Waals surface area contributed by atoms with Crippen molar-refractivity contribution in [2.45, 2.75) is 20.4 Å². The van der Waals surface area contributed by atoms with Crippen molar-refractivity contribution in [2.75, 3.05) is 0 Å². The Labute approximate surface area is 139 Å². The molecule has 0 aliphatic rings. The van der Waals surface area contributed by atoms with Crippen LogP contribution < -0.4 is 0 Å². The summed E-state index contributed by atoms with van der Waals surface area (Å²) < 4.78 is 3.26. The fraction of sp³-hybridized carbons (Fsp3) is 0.167. The lowest BCUT2D eigenvalue weighted by atomic mass is 10.1. The number of hydrogen-bond acceptors (Lipinski definition) is 1. The Balaban J connectivity index is 1.85. The molecular weight excluding hydrogens is 371 g/mol. The van der Waals surface area contributed by atoms with Crippen LogP contribution in [-0.4, -0.2) is 9.78 Å². The molecule has 1 heterocycles. The van der Waals surface area contributed by atoms with Gasteiger partial charge < -0.3 is 0 Å². The largest absolute Gasteiger partial charge is 0.268 e. The molecule has 0 unspecified atom stereocenters. The monoisotopic (exact) mass is 388 g/mol. The Bertz CT molecular complexity index is 757. The molecule has 0 aliphatic heterocycles. The van der Waals surface area contributed by atoms with Gasteiger partial charge in [0.15, 0.2) is 0 Å². The van der Waals surface area contributed by atoms with E-state index in [9.17, 15) is 0 Å². The molecular formula is C18H17IN2. The summed E-state index contributed by atoms with van der Waals surface area (Å²) in [6.07, 6.45) is 4.05. The van der Waals surface area contributed by atoms with Crippen molar-refractivity contribution in [1.82, 2.24) is 9.78 Å². The zero-order valence-electron chi connectivity index (χ0n) is 12.2. The molecule has 3 aromatic rings. The summed E-state index contributed by atoms with van der Waals surface area (Å²) in [5.41, 5.74) is 6.30. The Morgan fingerprint density at radius 1 is 1.00 bits per heavy atom. The first kappa shape index (κ1) is 14.3. The van der Waals surface area contributed by atoms with Crippen molar-refractivity contribution in [2.24, 2.45) is 0 Å². The molecule has 106 valence electrons. The summed E-state index contributed by atoms with van der Waals surface area (Å²) in [6, 6.07) is 15.1. The fourth-order valence-electron chi connectivity index (χ4n) is 2.39. The molecule has 0 amide bonds. The average molecular weight is 388 g/mol. The van der Waals surface area contributed by atoms with E-state index in [0.29, 0.717) is 0 Å². The summed E-state index contributed by atoms with van der Waals surface area (Å²) in [5.74, 6) is 0. The molecule has 0 radical (unpaired) electrons. The van der Waals surface area contributed by atoms with E-state index in [4.69, 9.17) is 0 Å². The number of nitrogens with zero attached hydrogens (tertiary/aromatic N) is 2. The number of halogens is 1. The van der Waals surface area contributed by atoms with Crippen LogP contribution in [0.1, 0.15) is 16.7 Å². The van der Waals surface area contributed by atoms with Gasteiger partial charge in [-0.25, -0.2) is 0 Å². The second kappa shape index (κ2) is 6.02. The molecule has 3 rings (SSSR count). The highest BCUT2D eigenvalue weighted by atomic mass is 127. The van der Waals surface area contributed by atoms with Crippen LogP contribution in [0.2, 0.25) is 0 Å². The molecule has 2 nitrogen and oxygen atoms in total. The Kier molecular flexibility index (Phi) is 4.10. The SMILES string of the molecule is Cc1ccc(C)c(Cn2cc(-c3ccc(I)cc3)cn2)c1. The van der Waals surface area contributed by atoms with Gasteiger partial charge in [-0.2, -0.15) is 5.10 Å². The standard InChI is InChI=1S/C18H17IN2/c1-13-3-4-14(2)16(9-13)11-21-12-17(10-20-21)15-5-7-18(19)8-6-15/h3-10,12H,11H2,1-2H3. The Morgan fingerprint density at radius 3 is 2.52 bits per heavy atom. The van der Waals surface area contributed by atoms with E-state index in [0.717, 1.165) is 12.1 Å². The van der Waals surface area contributed by atoms with Gasteiger partial charge in [0.2, 0.25) is 0 Å². The van der Waals surface area contributed by atoms with Crippen molar-refractivity contribution >= 4 is 22.6 Å². The highest BCUT2D eigenvalue weighted by molar-refractivity contribution is 14.1. The van der Waals surface area contributed by atoms with E-state index in [-0.39, 0.29) is 0 Å². The minimum Gasteiger partial charge on any atom is -0.268 e. The molecule has 0 atom stereocenters. The lowest BCUT2D eigenvalue weighted by Crippen LogP contribution is -2.02. The van der Waals surface area contributed by atoms with E-state index in [1.807, 2.05) is 10.9 Å². The predicted molar refractivity (Wildman–Crippen MR) is 95.4 cm³/mol. The number of benzene rings is 2. The third-order valence-corrected chi connectivity index (χ3v) is 4.37. The van der Waals surface area contributed by atoms with Crippen molar-refractivity contribution < 1.29 is 0 Å². The number of hydrogen-bond donors (Lipinski definition) is 0. The maximum absolute atomic E-state index is 4.50. The predicted octanol–water partition coefficient (Wildman–Crippen LogP) is 4.82. The highest BCUT2D eigenvalue weighted by Gasteiger charge is 2.04. The summed E-state index contributed by atoms with van der Waals surface area (Å²) in [5, 5.41) is 4.50. The quantitative estimate of drug-likeness (QED) is 0.589. The number of aryl methyl sites for hydroxylation is 2. The Morgan fingerprint density at radius 2 is 1.76 bits per heavy atom. The van der Waals surface area contributed by atoms with Crippen molar-refractivity contribution in [3.63, 3.8) is 0 Å². The third kappa shape index (κ3) is 3.35. The van der Waals surface area contributed by atoms with E-state index in [1.165, 1.54) is 25.8 Å². The second-order valence-corrected chi connectivity index (χ2v) is 6.61. The minimum atomic E-state index is 0.817. The van der Waals surface area contributed by atoms with Gasteiger partial charge in [-0.05, 0) is 65.3 Å². The van der Waals surface area contributed by atoms with E-state index < -0.39 is 0 Å². The lowest BCUT2D eigenvalue weighted by Gasteiger charge is -2.07. The van der Waals surface area contributed by atoms with Crippen LogP contribution in [0.15, 0.2) is 54.9 Å². The van der Waals surface area contributed by atoms with E-state index in [2.05, 4.69) is 90.2 Å². The van der Waals surface area contributed by atoms with Gasteiger partial charge in [0.05, 0.1) is 12.7 Å². The number of rotatable bonds is 3. The molecule has 0 bridgehead atoms. The van der Waals surface area contributed by atoms with Gasteiger partial charge in [0.1, 0.15) is 0 Å². The maximum Gasteiger partial charge on any atom is 0.0662 e. The van der Waals surface area contributed by atoms with Crippen molar-refractivity contribution in [3.8, 4) is 11.1 Å². The smallest absolute Gasteiger partial charge is 0.0662 e. The zero-order valence-corrected chi connectivity index (χ0v) is 14.3. The van der Waals surface area contributed by atoms with Crippen LogP contribution in [0.25, 0.3) is 11.1 Å². The summed E-state index contributed by atoms with van der Waals surface area (Å²) in [6.45, 7) is 5.10. The van der Waals surface area contributed by atoms with Gasteiger partial charge >= 0.3 is 0 Å². The van der Waals surface area contributed by atoms with Gasteiger partial charge in [0, 0.05) is 15.3 Å². The van der Waals surface area contributed by atoms with Crippen LogP contribution in [0.5, 0.6) is 0 Å². The molecule has 0 saturated carbocycles. The van der Waals surface area contributed by atoms with Gasteiger partial charge in [-0.3, -0.25) is 4.68 Å². The van der Waals surface area contributed by atoms with Crippen molar-refractivity contribution in [3.05, 3.63) is 75.1 Å². The molecule has 1 aromatic heterocycles. The zero-order chi connectivity index (χ0) is 14.8. The van der Waals surface area contributed by atoms with E-state index >= 15 is 0 Å². The van der Waals surface area contributed by atoms with Crippen LogP contribution in [0, 0.1) is 17.4 Å². The lowest BCUT2D eigenvalue weighted by molar-refractivity contribution is 0.684. The van der Waals surface area contributed by atoms with E-state index in [1.54, 1.807) is 0 Å². The topological polar surface area (TPSA) is 17.8 Å². The fourth-order valence-corrected chi connectivity index (χ4v) is 2.75. The minimum absolute atomic E-state index is 0.817. The Hall–Kier alpha value is -1.62. The first-order valence-electron chi connectivity index (χ1n) is 6.96. The van der Waals surface area contributed by atoms with Crippen LogP contribution in [0.4, 0.5) is 0 Å². The molecule has 21 heavy (non-hydrogen) atoms. The molecule has 0 N–H and O–H groups in total. The second-order valence-electron chi connectivity index (χ2n) is 5.36. The normalized spacial score (nSPS) is 10.8. The molecule has 0 spiro atoms. The molecule has 0 aliphatic carbocycles. The van der Waals surface area contributed by atoms with Crippen LogP contribution >= 0.6 is 22.6 Å². The van der Waals surface area contributed by atoms with Gasteiger partial charge in [-0.15, -0.1) is 0 Å². The van der Waals surface area contributed by atoms with Crippen LogP contribution in [0.3, 0.4) is 0 Å². The highest BCUT2D eigenvalue weighted by Crippen LogP contribution is 2.20. The molecule has 3 heteroatoms. The van der Waals surface area contributed by atoms with Gasteiger partial charge in [0.25, 0.3) is 0 Å². The first-order valence-corrected chi connectivity index (χ1v) is 8.04. The maximum atomic E-state index is 4.50. The van der Waals surface area contributed by atoms with Crippen LogP contribution in [-0.2, 0) is 6.54 Å². The summed E-state index contributed by atoms with van der Waals surface area (Å²) in [4.78, 5) is 0. The van der Waals surface area contributed by atoms with Gasteiger partial charge in [-0.1, -0.05) is 35.9 Å². The first-order chi connectivity index (χ1) is 10.1. The molecule has 0 saturated heterocycles. The number of aromatic nitrogens is 2. The summed E-state index contributed by atoms with van der Waals surface area (Å²) >= 11 is 2.32. The summed E-state index contributed by atoms with van der Waals surface area (Å²) in [7, 11) is 0. The average Bonchev–Trinajstić information content (AvgIpc) is 2.92. The third-order valence-electron chi connectivity index (χ3n) is 3.65. The van der Waals surface area contributed by atoms with Crippen molar-refractivity contribution in [1.29, 1.82) is 0 Å². The molecule has 0 fully saturated rings. The molecule has 2 aromatic carbocycles.